The number of hydrogen-bond acceptors (Lipinski definition) is 11. The highest BCUT2D eigenvalue weighted by Crippen LogP contribution is 2.12. The molecule has 3 aromatic rings. The van der Waals surface area contributed by atoms with Gasteiger partial charge >= 0.3 is 17.9 Å². The summed E-state index contributed by atoms with van der Waals surface area (Å²) < 4.78 is 0. The van der Waals surface area contributed by atoms with Crippen molar-refractivity contribution in [3.8, 4) is 0 Å². The Labute approximate surface area is 411 Å². The highest BCUT2D eigenvalue weighted by atomic mass is 16.4. The molecule has 0 bridgehead atoms. The lowest BCUT2D eigenvalue weighted by Crippen LogP contribution is -2.61. The van der Waals surface area contributed by atoms with E-state index in [0.717, 1.165) is 0 Å². The molecule has 0 heterocycles. The summed E-state index contributed by atoms with van der Waals surface area (Å²) in [4.78, 5) is 131. The number of nitrogens with two attached hydrogens (primary N) is 1. The lowest BCUT2D eigenvalue weighted by Gasteiger charge is -2.28. The van der Waals surface area contributed by atoms with Crippen LogP contribution in [0.2, 0.25) is 0 Å². The van der Waals surface area contributed by atoms with E-state index in [1.807, 2.05) is 13.8 Å². The van der Waals surface area contributed by atoms with Crippen LogP contribution in [-0.2, 0) is 67.2 Å². The largest absolute Gasteiger partial charge is 0.481 e. The normalized spacial score (nSPS) is 14.4. The second kappa shape index (κ2) is 28.7. The minimum atomic E-state index is -1.88. The Morgan fingerprint density at radius 2 is 0.845 bits per heavy atom. The first-order valence-electron chi connectivity index (χ1n) is 23.2. The molecule has 8 atom stereocenters. The van der Waals surface area contributed by atoms with Crippen LogP contribution in [0.5, 0.6) is 0 Å². The van der Waals surface area contributed by atoms with Crippen LogP contribution in [0.1, 0.15) is 77.0 Å². The maximum atomic E-state index is 14.3. The molecular formula is C50H66N8O13. The average molecular weight is 987 g/mol. The molecule has 21 nitrogen and oxygen atoms in total. The number of hydrogen-bond donors (Lipinski definition) is 11. The Morgan fingerprint density at radius 1 is 0.451 bits per heavy atom. The molecule has 7 amide bonds. The molecule has 0 aliphatic carbocycles. The van der Waals surface area contributed by atoms with Crippen LogP contribution >= 0.6 is 0 Å². The minimum absolute atomic E-state index is 0.0366. The topological polar surface area (TPSA) is 342 Å². The van der Waals surface area contributed by atoms with Gasteiger partial charge < -0.3 is 58.3 Å². The fourth-order valence-corrected chi connectivity index (χ4v) is 7.25. The number of amides is 7. The molecule has 384 valence electrons. The monoisotopic (exact) mass is 986 g/mol. The van der Waals surface area contributed by atoms with Crippen molar-refractivity contribution in [2.75, 3.05) is 0 Å². The molecule has 3 aromatic carbocycles. The van der Waals surface area contributed by atoms with Gasteiger partial charge in [-0.25, -0.2) is 4.79 Å². The Bertz CT molecular complexity index is 2300. The van der Waals surface area contributed by atoms with Crippen LogP contribution in [0.4, 0.5) is 0 Å². The molecule has 0 saturated heterocycles. The molecular weight excluding hydrogens is 921 g/mol. The standard InChI is InChI=1S/C50H66N8O13/c1-28(2)23-34(51)44(64)58-42(29(3)4)49(69)56-37(25-32-17-11-7-12-18-32)47(67)54-36(24-31-15-9-6-10-16-31)46(66)52-30(5)43(63)53-35(21-22-40(59)60)45(65)55-38(27-41(61)62)48(68)57-39(50(70)71)26-33-19-13-8-14-20-33/h6-20,28-30,34-39,42H,21-27,51H2,1-5H3,(H,52,66)(H,53,63)(H,54,67)(H,55,65)(H,56,69)(H,57,68)(H,58,64)(H,59,60)(H,61,62)(H,70,71)/t30-,34-,35-,36-,37-,38-,39-,42-/m0/s1. The maximum absolute atomic E-state index is 14.3. The molecule has 12 N–H and O–H groups in total. The fraction of sp³-hybridized carbons (Fsp3) is 0.440. The van der Waals surface area contributed by atoms with Gasteiger partial charge in [-0.15, -0.1) is 0 Å². The van der Waals surface area contributed by atoms with Gasteiger partial charge in [-0.3, -0.25) is 43.2 Å². The number of carboxylic acid groups (broad SMARTS) is 3. The third-order valence-corrected chi connectivity index (χ3v) is 11.1. The van der Waals surface area contributed by atoms with Crippen molar-refractivity contribution in [3.05, 3.63) is 108 Å². The Morgan fingerprint density at radius 3 is 1.28 bits per heavy atom. The van der Waals surface area contributed by atoms with Gasteiger partial charge in [0.25, 0.3) is 0 Å². The third kappa shape index (κ3) is 20.4. The molecule has 0 aliphatic heterocycles. The molecule has 0 fully saturated rings. The fourth-order valence-electron chi connectivity index (χ4n) is 7.25. The summed E-state index contributed by atoms with van der Waals surface area (Å²) in [6.07, 6.45) is -2.23. The van der Waals surface area contributed by atoms with Gasteiger partial charge in [-0.05, 0) is 48.3 Å². The van der Waals surface area contributed by atoms with Crippen LogP contribution < -0.4 is 43.0 Å². The number of benzene rings is 3. The first-order valence-corrected chi connectivity index (χ1v) is 23.2. The highest BCUT2D eigenvalue weighted by Gasteiger charge is 2.35. The third-order valence-electron chi connectivity index (χ3n) is 11.1. The summed E-state index contributed by atoms with van der Waals surface area (Å²) in [5, 5.41) is 46.2. The van der Waals surface area contributed by atoms with E-state index < -0.39 is 133 Å². The van der Waals surface area contributed by atoms with E-state index in [4.69, 9.17) is 5.73 Å². The van der Waals surface area contributed by atoms with Gasteiger partial charge in [-0.2, -0.15) is 0 Å². The van der Waals surface area contributed by atoms with Crippen molar-refractivity contribution in [1.29, 1.82) is 0 Å². The van der Waals surface area contributed by atoms with Crippen molar-refractivity contribution in [2.45, 2.75) is 128 Å². The number of nitrogens with one attached hydrogen (secondary N) is 7. The number of rotatable bonds is 29. The van der Waals surface area contributed by atoms with Gasteiger partial charge in [0.15, 0.2) is 0 Å². The van der Waals surface area contributed by atoms with E-state index in [-0.39, 0.29) is 25.2 Å². The number of carbonyl (C=O) groups is 10. The smallest absolute Gasteiger partial charge is 0.326 e. The van der Waals surface area contributed by atoms with Crippen molar-refractivity contribution in [2.24, 2.45) is 17.6 Å². The minimum Gasteiger partial charge on any atom is -0.481 e. The lowest BCUT2D eigenvalue weighted by molar-refractivity contribution is -0.143. The van der Waals surface area contributed by atoms with Gasteiger partial charge in [0.1, 0.15) is 42.3 Å². The van der Waals surface area contributed by atoms with E-state index in [0.29, 0.717) is 23.1 Å². The predicted octanol–water partition coefficient (Wildman–Crippen LogP) is 0.582. The van der Waals surface area contributed by atoms with Crippen molar-refractivity contribution < 1.29 is 63.3 Å². The molecule has 71 heavy (non-hydrogen) atoms. The second-order valence-corrected chi connectivity index (χ2v) is 17.9. The summed E-state index contributed by atoms with van der Waals surface area (Å²) in [5.41, 5.74) is 7.87. The van der Waals surface area contributed by atoms with Gasteiger partial charge in [-0.1, -0.05) is 119 Å². The van der Waals surface area contributed by atoms with Crippen LogP contribution in [0, 0.1) is 11.8 Å². The maximum Gasteiger partial charge on any atom is 0.326 e. The summed E-state index contributed by atoms with van der Waals surface area (Å²) in [6.45, 7) is 8.47. The molecule has 21 heteroatoms. The molecule has 0 radical (unpaired) electrons. The zero-order valence-corrected chi connectivity index (χ0v) is 40.4. The average Bonchev–Trinajstić information content (AvgIpc) is 3.31. The lowest BCUT2D eigenvalue weighted by atomic mass is 9.99. The zero-order chi connectivity index (χ0) is 52.8. The van der Waals surface area contributed by atoms with Crippen LogP contribution in [0.15, 0.2) is 91.0 Å². The number of carboxylic acids is 3. The zero-order valence-electron chi connectivity index (χ0n) is 40.4. The molecule has 0 spiro atoms. The molecule has 0 unspecified atom stereocenters. The molecule has 0 saturated carbocycles. The van der Waals surface area contributed by atoms with E-state index in [2.05, 4.69) is 37.2 Å². The van der Waals surface area contributed by atoms with Gasteiger partial charge in [0, 0.05) is 25.7 Å². The predicted molar refractivity (Wildman–Crippen MR) is 259 cm³/mol. The van der Waals surface area contributed by atoms with Gasteiger partial charge in [0.2, 0.25) is 41.4 Å². The van der Waals surface area contributed by atoms with Gasteiger partial charge in [0.05, 0.1) is 12.5 Å². The first-order chi connectivity index (χ1) is 33.5. The molecule has 3 rings (SSSR count). The van der Waals surface area contributed by atoms with E-state index in [9.17, 15) is 63.3 Å². The summed E-state index contributed by atoms with van der Waals surface area (Å²) >= 11 is 0. The second-order valence-electron chi connectivity index (χ2n) is 17.9. The first kappa shape index (κ1) is 57.6. The number of aliphatic carboxylic acids is 3. The van der Waals surface area contributed by atoms with E-state index >= 15 is 0 Å². The highest BCUT2D eigenvalue weighted by molar-refractivity contribution is 5.98. The summed E-state index contributed by atoms with van der Waals surface area (Å²) in [7, 11) is 0. The van der Waals surface area contributed by atoms with E-state index in [1.54, 1.807) is 105 Å². The SMILES string of the molecule is CC(C)C[C@H](N)C(=O)N[C@H](C(=O)N[C@@H](Cc1ccccc1)C(=O)N[C@@H](Cc1ccccc1)C(=O)N[C@@H](C)C(=O)N[C@@H](CCC(=O)O)C(=O)N[C@@H](CC(=O)O)C(=O)N[C@@H](Cc1ccccc1)C(=O)O)C(C)C. The van der Waals surface area contributed by atoms with Crippen molar-refractivity contribution in [3.63, 3.8) is 0 Å². The summed E-state index contributed by atoms with van der Waals surface area (Å²) in [5.74, 6) is -11.0. The summed E-state index contributed by atoms with van der Waals surface area (Å²) in [6, 6.07) is 14.2. The molecule has 0 aliphatic rings. The van der Waals surface area contributed by atoms with Crippen LogP contribution in [0.25, 0.3) is 0 Å². The van der Waals surface area contributed by atoms with Crippen molar-refractivity contribution in [1.82, 2.24) is 37.2 Å². The van der Waals surface area contributed by atoms with Crippen LogP contribution in [0.3, 0.4) is 0 Å². The van der Waals surface area contributed by atoms with Crippen molar-refractivity contribution >= 4 is 59.3 Å². The van der Waals surface area contributed by atoms with E-state index in [1.165, 1.54) is 6.92 Å². The number of carbonyl (C=O) groups excluding carboxylic acids is 7. The Hall–Kier alpha value is -7.68. The quantitative estimate of drug-likeness (QED) is 0.0454. The Balaban J connectivity index is 1.85. The molecule has 0 aromatic heterocycles. The Kier molecular flexibility index (Phi) is 23.3. The van der Waals surface area contributed by atoms with Crippen LogP contribution in [-0.4, -0.2) is 123 Å².